The Morgan fingerprint density at radius 3 is 1.73 bits per heavy atom. The van der Waals surface area contributed by atoms with Crippen LogP contribution in [0, 0.1) is 23.7 Å². The predicted octanol–water partition coefficient (Wildman–Crippen LogP) is 6.03. The average Bonchev–Trinajstić information content (AvgIpc) is 2.91. The van der Waals surface area contributed by atoms with Gasteiger partial charge in [0, 0.05) is 34.8 Å². The van der Waals surface area contributed by atoms with Gasteiger partial charge in [0.15, 0.2) is 11.5 Å². The first kappa shape index (κ1) is 27.3. The summed E-state index contributed by atoms with van der Waals surface area (Å²) in [6.07, 6.45) is 28.2. The van der Waals surface area contributed by atoms with E-state index in [1.165, 1.54) is 21.1 Å². The number of allylic oxidation sites excluding steroid dienone is 12. The number of hydrogen-bond donors (Lipinski definition) is 2. The molecular formula is C31H32O6. The zero-order chi connectivity index (χ0) is 26.8. The summed E-state index contributed by atoms with van der Waals surface area (Å²) in [5.74, 6) is 0.112. The Morgan fingerprint density at radius 2 is 1.27 bits per heavy atom. The molecule has 0 aromatic heterocycles. The second-order valence-electron chi connectivity index (χ2n) is 8.74. The summed E-state index contributed by atoms with van der Waals surface area (Å²) in [6, 6.07) is 5.31. The Bertz CT molecular complexity index is 1210. The van der Waals surface area contributed by atoms with E-state index in [2.05, 4.69) is 60.8 Å². The van der Waals surface area contributed by atoms with Crippen molar-refractivity contribution in [3.05, 3.63) is 114 Å². The third kappa shape index (κ3) is 7.84. The van der Waals surface area contributed by atoms with Gasteiger partial charge in [0.1, 0.15) is 0 Å². The Labute approximate surface area is 217 Å². The van der Waals surface area contributed by atoms with Crippen LogP contribution in [0.3, 0.4) is 0 Å². The van der Waals surface area contributed by atoms with Crippen molar-refractivity contribution in [1.29, 1.82) is 0 Å². The summed E-state index contributed by atoms with van der Waals surface area (Å²) in [4.78, 5) is 22.1. The third-order valence-corrected chi connectivity index (χ3v) is 6.04. The lowest BCUT2D eigenvalue weighted by molar-refractivity contribution is -0.133. The maximum Gasteiger partial charge on any atom is 0.335 e. The highest BCUT2D eigenvalue weighted by atomic mass is 16.5. The van der Waals surface area contributed by atoms with Gasteiger partial charge < -0.3 is 19.7 Å². The fourth-order valence-electron chi connectivity index (χ4n) is 3.98. The number of carboxylic acids is 2. The van der Waals surface area contributed by atoms with E-state index in [0.717, 1.165) is 0 Å². The molecule has 7 rings (SSSR count). The van der Waals surface area contributed by atoms with Crippen LogP contribution in [0.1, 0.15) is 12.5 Å². The molecule has 0 heterocycles. The molecule has 4 bridgehead atoms. The van der Waals surface area contributed by atoms with Gasteiger partial charge in [-0.25, -0.2) is 9.59 Å². The predicted molar refractivity (Wildman–Crippen MR) is 145 cm³/mol. The molecule has 0 radical (unpaired) electrons. The smallest absolute Gasteiger partial charge is 0.335 e. The van der Waals surface area contributed by atoms with Crippen molar-refractivity contribution in [3.63, 3.8) is 0 Å². The van der Waals surface area contributed by atoms with Gasteiger partial charge in [0.25, 0.3) is 0 Å². The van der Waals surface area contributed by atoms with Crippen LogP contribution in [0.15, 0.2) is 108 Å². The fourth-order valence-corrected chi connectivity index (χ4v) is 3.98. The van der Waals surface area contributed by atoms with Gasteiger partial charge in [0.05, 0.1) is 19.8 Å². The average molecular weight is 501 g/mol. The highest BCUT2D eigenvalue weighted by Crippen LogP contribution is 2.32. The van der Waals surface area contributed by atoms with Gasteiger partial charge in [-0.1, -0.05) is 91.1 Å². The van der Waals surface area contributed by atoms with Crippen molar-refractivity contribution in [2.24, 2.45) is 23.7 Å². The van der Waals surface area contributed by atoms with Crippen LogP contribution in [0.4, 0.5) is 0 Å². The van der Waals surface area contributed by atoms with Crippen molar-refractivity contribution in [2.45, 2.75) is 6.92 Å². The minimum absolute atomic E-state index is 0.0524. The summed E-state index contributed by atoms with van der Waals surface area (Å²) in [7, 11) is 3.06. The molecule has 0 spiro atoms. The Morgan fingerprint density at radius 1 is 0.757 bits per heavy atom. The van der Waals surface area contributed by atoms with Crippen molar-refractivity contribution < 1.29 is 29.3 Å². The topological polar surface area (TPSA) is 93.1 Å². The lowest BCUT2D eigenvalue weighted by atomic mass is 9.90. The highest BCUT2D eigenvalue weighted by Gasteiger charge is 2.13. The Balaban J connectivity index is 0.000000214. The summed E-state index contributed by atoms with van der Waals surface area (Å²) < 4.78 is 10.3. The number of aliphatic carboxylic acids is 2. The standard InChI is InChI=1S/C19H18O2.C12H14O4/c20-19(21)18-12-11-16-5-3-14(4-6-16)1-2-15-7-9-17(13-18)10-8-15;1-8(12(13)14)7-9-5-4-6-10(15-2)11(9)16-3/h1-17H,(H,20,21);4-7H,1-3H3,(H,13,14)/b2-1-,12-11?,18-13?;. The molecule has 1 aromatic carbocycles. The highest BCUT2D eigenvalue weighted by molar-refractivity contribution is 5.92. The van der Waals surface area contributed by atoms with Crippen molar-refractivity contribution >= 4 is 18.0 Å². The van der Waals surface area contributed by atoms with Crippen LogP contribution >= 0.6 is 0 Å². The summed E-state index contributed by atoms with van der Waals surface area (Å²) >= 11 is 0. The monoisotopic (exact) mass is 500 g/mol. The molecule has 2 N–H and O–H groups in total. The molecule has 1 aromatic rings. The largest absolute Gasteiger partial charge is 0.493 e. The molecule has 0 saturated heterocycles. The maximum absolute atomic E-state index is 11.4. The first-order valence-corrected chi connectivity index (χ1v) is 12.0. The second kappa shape index (κ2) is 13.1. The van der Waals surface area contributed by atoms with E-state index in [9.17, 15) is 14.7 Å². The minimum atomic E-state index is -0.954. The quantitative estimate of drug-likeness (QED) is 0.379. The molecule has 0 atom stereocenters. The zero-order valence-corrected chi connectivity index (χ0v) is 21.2. The molecule has 6 heteroatoms. The maximum atomic E-state index is 11.4. The minimum Gasteiger partial charge on any atom is -0.493 e. The van der Waals surface area contributed by atoms with E-state index >= 15 is 0 Å². The van der Waals surface area contributed by atoms with Crippen molar-refractivity contribution in [2.75, 3.05) is 14.2 Å². The van der Waals surface area contributed by atoms with Crippen LogP contribution < -0.4 is 9.47 Å². The van der Waals surface area contributed by atoms with E-state index in [1.807, 2.05) is 6.08 Å². The van der Waals surface area contributed by atoms with Crippen LogP contribution in [-0.2, 0) is 9.59 Å². The molecule has 6 nitrogen and oxygen atoms in total. The van der Waals surface area contributed by atoms with E-state index in [1.54, 1.807) is 36.4 Å². The van der Waals surface area contributed by atoms with E-state index in [-0.39, 0.29) is 17.4 Å². The molecule has 192 valence electrons. The van der Waals surface area contributed by atoms with Gasteiger partial charge >= 0.3 is 11.9 Å². The first-order valence-electron chi connectivity index (χ1n) is 12.0. The van der Waals surface area contributed by atoms with Crippen molar-refractivity contribution in [3.8, 4) is 11.5 Å². The lowest BCUT2D eigenvalue weighted by Gasteiger charge is -2.15. The number of hydrogen-bond acceptors (Lipinski definition) is 4. The Hall–Kier alpha value is -4.32. The lowest BCUT2D eigenvalue weighted by Crippen LogP contribution is -2.05. The number of carboxylic acid groups (broad SMARTS) is 2. The SMILES string of the molecule is COc1cccc(C=C(C)C(=O)O)c1OC.O=C(O)C1=CC2C=CC(C=C2)/C=C\C2C=CC(C=C1)C=C2. The molecule has 0 amide bonds. The van der Waals surface area contributed by atoms with Gasteiger partial charge in [-0.3, -0.25) is 0 Å². The molecule has 0 saturated carbocycles. The third-order valence-electron chi connectivity index (χ3n) is 6.04. The number of benzene rings is 1. The van der Waals surface area contributed by atoms with Crippen molar-refractivity contribution in [1.82, 2.24) is 0 Å². The van der Waals surface area contributed by atoms with Crippen LogP contribution in [0.2, 0.25) is 0 Å². The Kier molecular flexibility index (Phi) is 9.67. The number of rotatable bonds is 5. The molecule has 6 aliphatic rings. The van der Waals surface area contributed by atoms with Gasteiger partial charge in [-0.2, -0.15) is 0 Å². The first-order chi connectivity index (χ1) is 17.8. The summed E-state index contributed by atoms with van der Waals surface area (Å²) in [5.41, 5.74) is 1.26. The van der Waals surface area contributed by atoms with E-state index < -0.39 is 11.9 Å². The molecule has 37 heavy (non-hydrogen) atoms. The van der Waals surface area contributed by atoms with E-state index in [0.29, 0.717) is 34.5 Å². The number of ether oxygens (including phenoxy) is 2. The van der Waals surface area contributed by atoms with E-state index in [4.69, 9.17) is 14.6 Å². The molecule has 0 fully saturated rings. The van der Waals surface area contributed by atoms with Gasteiger partial charge in [0.2, 0.25) is 0 Å². The van der Waals surface area contributed by atoms with Crippen LogP contribution in [0.5, 0.6) is 11.5 Å². The summed E-state index contributed by atoms with van der Waals surface area (Å²) in [6.45, 7) is 1.53. The normalized spacial score (nSPS) is 24.5. The second-order valence-corrected chi connectivity index (χ2v) is 8.74. The molecule has 6 aliphatic carbocycles. The molecular weight excluding hydrogens is 468 g/mol. The number of carbonyl (C=O) groups is 2. The van der Waals surface area contributed by atoms with Crippen LogP contribution in [-0.4, -0.2) is 36.4 Å². The fraction of sp³-hybridized carbons (Fsp3) is 0.226. The molecule has 0 aliphatic heterocycles. The number of para-hydroxylation sites is 1. The van der Waals surface area contributed by atoms with Crippen LogP contribution in [0.25, 0.3) is 6.08 Å². The van der Waals surface area contributed by atoms with Gasteiger partial charge in [-0.05, 0) is 19.1 Å². The number of methoxy groups -OCH3 is 2. The zero-order valence-electron chi connectivity index (χ0n) is 21.2. The van der Waals surface area contributed by atoms with Gasteiger partial charge in [-0.15, -0.1) is 0 Å². The molecule has 0 unspecified atom stereocenters. The summed E-state index contributed by atoms with van der Waals surface area (Å²) in [5, 5.41) is 18.1.